The van der Waals surface area contributed by atoms with E-state index < -0.39 is 0 Å². The molecule has 0 amide bonds. The van der Waals surface area contributed by atoms with E-state index in [1.54, 1.807) is 0 Å². The zero-order valence-corrected chi connectivity index (χ0v) is 16.9. The van der Waals surface area contributed by atoms with Gasteiger partial charge in [-0.1, -0.05) is 51.4 Å². The summed E-state index contributed by atoms with van der Waals surface area (Å²) in [5, 5.41) is 3.39. The van der Waals surface area contributed by atoms with Gasteiger partial charge >= 0.3 is 0 Å². The van der Waals surface area contributed by atoms with E-state index in [0.29, 0.717) is 0 Å². The second-order valence-electron chi connectivity index (χ2n) is 9.55. The van der Waals surface area contributed by atoms with Crippen molar-refractivity contribution in [1.82, 2.24) is 4.98 Å². The van der Waals surface area contributed by atoms with E-state index >= 15 is 0 Å². The summed E-state index contributed by atoms with van der Waals surface area (Å²) in [5.74, 6) is 4.40. The first kappa shape index (κ1) is 16.7. The van der Waals surface area contributed by atoms with Crippen molar-refractivity contribution in [2.75, 3.05) is 0 Å². The number of rotatable bonds is 2. The van der Waals surface area contributed by atoms with Gasteiger partial charge in [0.2, 0.25) is 0 Å². The molecule has 136 valence electrons. The summed E-state index contributed by atoms with van der Waals surface area (Å²) in [6.07, 6.45) is 2.87. The summed E-state index contributed by atoms with van der Waals surface area (Å²) in [5.41, 5.74) is 4.05. The van der Waals surface area contributed by atoms with Gasteiger partial charge in [-0.05, 0) is 77.7 Å². The highest BCUT2D eigenvalue weighted by atomic mass is 35.5. The molecule has 2 heteroatoms. The molecule has 3 aliphatic rings. The summed E-state index contributed by atoms with van der Waals surface area (Å²) in [4.78, 5) is 3.52. The Balaban J connectivity index is 1.59. The average molecular weight is 366 g/mol. The predicted molar refractivity (Wildman–Crippen MR) is 112 cm³/mol. The second kappa shape index (κ2) is 5.52. The Morgan fingerprint density at radius 1 is 0.962 bits per heavy atom. The van der Waals surface area contributed by atoms with Gasteiger partial charge in [0, 0.05) is 26.8 Å². The van der Waals surface area contributed by atoms with Crippen LogP contribution in [-0.4, -0.2) is 4.98 Å². The molecule has 0 saturated heterocycles. The van der Waals surface area contributed by atoms with Crippen molar-refractivity contribution >= 4 is 33.4 Å². The summed E-state index contributed by atoms with van der Waals surface area (Å²) < 4.78 is 0. The molecule has 2 aromatic carbocycles. The van der Waals surface area contributed by atoms with Crippen molar-refractivity contribution in [2.24, 2.45) is 29.6 Å². The molecule has 0 aliphatic heterocycles. The molecule has 3 fully saturated rings. The van der Waals surface area contributed by atoms with Crippen molar-refractivity contribution < 1.29 is 0 Å². The van der Waals surface area contributed by atoms with E-state index in [9.17, 15) is 0 Å². The lowest BCUT2D eigenvalue weighted by Crippen LogP contribution is -2.55. The van der Waals surface area contributed by atoms with E-state index in [-0.39, 0.29) is 5.41 Å². The van der Waals surface area contributed by atoms with E-state index in [4.69, 9.17) is 11.6 Å². The third kappa shape index (κ3) is 2.22. The van der Waals surface area contributed by atoms with Crippen LogP contribution in [0.3, 0.4) is 0 Å². The highest BCUT2D eigenvalue weighted by Crippen LogP contribution is 2.61. The van der Waals surface area contributed by atoms with E-state index in [1.165, 1.54) is 34.7 Å². The summed E-state index contributed by atoms with van der Waals surface area (Å²) in [6.45, 7) is 9.90. The van der Waals surface area contributed by atoms with Crippen LogP contribution in [0.15, 0.2) is 36.4 Å². The fraction of sp³-hybridized carbons (Fsp3) is 0.500. The lowest BCUT2D eigenvalue weighted by molar-refractivity contribution is -0.0948. The SMILES string of the molecule is CC1CC2CC(C1C)[C@H]2C(C)(C)c1ccc2[nH]c3cc(Cl)ccc3c2c1. The highest BCUT2D eigenvalue weighted by molar-refractivity contribution is 6.31. The third-order valence-corrected chi connectivity index (χ3v) is 8.16. The summed E-state index contributed by atoms with van der Waals surface area (Å²) >= 11 is 6.18. The molecule has 3 saturated carbocycles. The van der Waals surface area contributed by atoms with Crippen LogP contribution in [0.1, 0.15) is 46.1 Å². The van der Waals surface area contributed by atoms with E-state index in [2.05, 4.69) is 56.9 Å². The molecule has 0 radical (unpaired) electrons. The minimum Gasteiger partial charge on any atom is -0.354 e. The second-order valence-corrected chi connectivity index (χ2v) is 9.99. The smallest absolute Gasteiger partial charge is 0.0479 e. The quantitative estimate of drug-likeness (QED) is 0.495. The standard InChI is InChI=1S/C24H28ClN/c1-13-9-15-10-19(14(13)2)23(15)24(3,4)16-5-8-21-20(11-16)18-7-6-17(25)12-22(18)26-21/h5-8,11-15,19,23,26H,9-10H2,1-4H3/t13?,14?,15?,19?,23-/m0/s1. The monoisotopic (exact) mass is 365 g/mol. The van der Waals surface area contributed by atoms with E-state index in [1.807, 2.05) is 12.1 Å². The van der Waals surface area contributed by atoms with Gasteiger partial charge in [-0.2, -0.15) is 0 Å². The number of aromatic nitrogens is 1. The Morgan fingerprint density at radius 2 is 1.77 bits per heavy atom. The van der Waals surface area contributed by atoms with Crippen molar-refractivity contribution in [3.63, 3.8) is 0 Å². The van der Waals surface area contributed by atoms with Gasteiger partial charge in [-0.3, -0.25) is 0 Å². The zero-order chi connectivity index (χ0) is 18.2. The largest absolute Gasteiger partial charge is 0.354 e. The lowest BCUT2D eigenvalue weighted by atomic mass is 9.44. The molecule has 3 aromatic rings. The van der Waals surface area contributed by atoms with Crippen LogP contribution in [0.2, 0.25) is 5.02 Å². The fourth-order valence-electron chi connectivity index (χ4n) is 6.29. The molecule has 5 atom stereocenters. The van der Waals surface area contributed by atoms with Gasteiger partial charge in [0.1, 0.15) is 0 Å². The van der Waals surface area contributed by atoms with Crippen LogP contribution >= 0.6 is 11.6 Å². The van der Waals surface area contributed by atoms with Gasteiger partial charge in [0.25, 0.3) is 0 Å². The van der Waals surface area contributed by atoms with Gasteiger partial charge in [-0.15, -0.1) is 0 Å². The summed E-state index contributed by atoms with van der Waals surface area (Å²) in [7, 11) is 0. The number of fused-ring (bicyclic) bond motifs is 5. The maximum atomic E-state index is 6.18. The van der Waals surface area contributed by atoms with Crippen molar-refractivity contribution in [3.05, 3.63) is 47.0 Å². The average Bonchev–Trinajstić information content (AvgIpc) is 2.92. The number of nitrogens with one attached hydrogen (secondary N) is 1. The van der Waals surface area contributed by atoms with Crippen molar-refractivity contribution in [1.29, 1.82) is 0 Å². The number of hydrogen-bond acceptors (Lipinski definition) is 0. The van der Waals surface area contributed by atoms with Crippen LogP contribution in [0.25, 0.3) is 21.8 Å². The number of aromatic amines is 1. The third-order valence-electron chi connectivity index (χ3n) is 7.93. The fourth-order valence-corrected chi connectivity index (χ4v) is 6.46. The van der Waals surface area contributed by atoms with Gasteiger partial charge < -0.3 is 4.98 Å². The number of benzene rings is 2. The molecule has 3 aliphatic carbocycles. The van der Waals surface area contributed by atoms with Crippen LogP contribution in [0.5, 0.6) is 0 Å². The van der Waals surface area contributed by atoms with Crippen LogP contribution in [0.4, 0.5) is 0 Å². The molecule has 2 bridgehead atoms. The predicted octanol–water partition coefficient (Wildman–Crippen LogP) is 7.18. The van der Waals surface area contributed by atoms with E-state index in [0.717, 1.165) is 40.1 Å². The first-order valence-corrected chi connectivity index (χ1v) is 10.5. The Morgan fingerprint density at radius 3 is 2.54 bits per heavy atom. The normalized spacial score (nSPS) is 31.3. The molecule has 1 heterocycles. The molecule has 26 heavy (non-hydrogen) atoms. The Hall–Kier alpha value is -1.47. The minimum absolute atomic E-state index is 0.228. The molecule has 6 rings (SSSR count). The number of halogens is 1. The van der Waals surface area contributed by atoms with Crippen LogP contribution in [-0.2, 0) is 5.41 Å². The van der Waals surface area contributed by atoms with Gasteiger partial charge in [-0.25, -0.2) is 0 Å². The lowest BCUT2D eigenvalue weighted by Gasteiger charge is -2.61. The number of H-pyrrole nitrogens is 1. The first-order chi connectivity index (χ1) is 12.4. The molecular formula is C24H28ClN. The minimum atomic E-state index is 0.228. The summed E-state index contributed by atoms with van der Waals surface area (Å²) in [6, 6.07) is 13.2. The van der Waals surface area contributed by atoms with Gasteiger partial charge in [0.05, 0.1) is 0 Å². The Bertz CT molecular complexity index is 998. The van der Waals surface area contributed by atoms with Crippen LogP contribution in [0, 0.1) is 29.6 Å². The molecule has 0 spiro atoms. The first-order valence-electron chi connectivity index (χ1n) is 10.1. The topological polar surface area (TPSA) is 15.8 Å². The van der Waals surface area contributed by atoms with Crippen LogP contribution < -0.4 is 0 Å². The highest BCUT2D eigenvalue weighted by Gasteiger charge is 2.55. The Kier molecular flexibility index (Phi) is 3.54. The zero-order valence-electron chi connectivity index (χ0n) is 16.1. The molecule has 4 unspecified atom stereocenters. The molecular weight excluding hydrogens is 338 g/mol. The molecule has 1 aromatic heterocycles. The number of hydrogen-bond donors (Lipinski definition) is 1. The maximum absolute atomic E-state index is 6.18. The van der Waals surface area contributed by atoms with Crippen molar-refractivity contribution in [3.8, 4) is 0 Å². The Labute approximate surface area is 161 Å². The maximum Gasteiger partial charge on any atom is 0.0479 e. The van der Waals surface area contributed by atoms with Gasteiger partial charge in [0.15, 0.2) is 0 Å². The molecule has 1 nitrogen and oxygen atoms in total. The molecule has 1 N–H and O–H groups in total. The van der Waals surface area contributed by atoms with Crippen molar-refractivity contribution in [2.45, 2.75) is 46.0 Å².